The largest absolute Gasteiger partial charge is 0.465 e. The highest BCUT2D eigenvalue weighted by molar-refractivity contribution is 9.08. The number of pyridine rings is 1. The van der Waals surface area contributed by atoms with Gasteiger partial charge in [0.2, 0.25) is 0 Å². The number of rotatable bonds is 3. The maximum atomic E-state index is 12.4. The molecule has 0 aromatic carbocycles. The molecule has 7 heteroatoms. The van der Waals surface area contributed by atoms with Crippen molar-refractivity contribution in [2.75, 3.05) is 7.11 Å². The molecule has 0 saturated heterocycles. The standard InChI is InChI=1S/C9H8BrF2NO3/c1-16-9(15)4-2-6(7(11)12)13-8(14)5(4)3-10/h2,7H,3H2,1H3,(H,13,14). The molecule has 4 nitrogen and oxygen atoms in total. The van der Waals surface area contributed by atoms with E-state index in [4.69, 9.17) is 0 Å². The third-order valence-corrected chi connectivity index (χ3v) is 2.49. The molecule has 0 aliphatic carbocycles. The summed E-state index contributed by atoms with van der Waals surface area (Å²) in [5, 5.41) is 0.0796. The molecule has 0 atom stereocenters. The number of carbonyl (C=O) groups excluding carboxylic acids is 1. The number of methoxy groups -OCH3 is 1. The first-order valence-corrected chi connectivity index (χ1v) is 5.32. The van der Waals surface area contributed by atoms with Crippen LogP contribution in [0.1, 0.15) is 28.0 Å². The Morgan fingerprint density at radius 2 is 2.25 bits per heavy atom. The van der Waals surface area contributed by atoms with Gasteiger partial charge in [-0.15, -0.1) is 0 Å². The molecule has 0 radical (unpaired) electrons. The van der Waals surface area contributed by atoms with Gasteiger partial charge in [-0.25, -0.2) is 13.6 Å². The summed E-state index contributed by atoms with van der Waals surface area (Å²) in [5.41, 5.74) is -1.42. The molecule has 0 unspecified atom stereocenters. The summed E-state index contributed by atoms with van der Waals surface area (Å²) in [6.45, 7) is 0. The van der Waals surface area contributed by atoms with Gasteiger partial charge in [0.1, 0.15) is 0 Å². The molecule has 0 fully saturated rings. The highest BCUT2D eigenvalue weighted by atomic mass is 79.9. The molecular formula is C9H8BrF2NO3. The lowest BCUT2D eigenvalue weighted by Gasteiger charge is -2.07. The van der Waals surface area contributed by atoms with E-state index in [0.29, 0.717) is 0 Å². The minimum absolute atomic E-state index is 0.0660. The zero-order valence-corrected chi connectivity index (χ0v) is 9.81. The first-order valence-electron chi connectivity index (χ1n) is 4.19. The van der Waals surface area contributed by atoms with Gasteiger partial charge in [-0.2, -0.15) is 0 Å². The third kappa shape index (κ3) is 2.46. The number of esters is 1. The van der Waals surface area contributed by atoms with Gasteiger partial charge in [0, 0.05) is 10.9 Å². The lowest BCUT2D eigenvalue weighted by molar-refractivity contribution is 0.0599. The van der Waals surface area contributed by atoms with Crippen LogP contribution in [0.5, 0.6) is 0 Å². The molecule has 0 spiro atoms. The van der Waals surface area contributed by atoms with E-state index in [9.17, 15) is 18.4 Å². The van der Waals surface area contributed by atoms with Gasteiger partial charge in [-0.3, -0.25) is 4.79 Å². The fourth-order valence-electron chi connectivity index (χ4n) is 1.15. The highest BCUT2D eigenvalue weighted by Crippen LogP contribution is 2.18. The topological polar surface area (TPSA) is 59.2 Å². The second-order valence-electron chi connectivity index (χ2n) is 2.87. The van der Waals surface area contributed by atoms with Crippen LogP contribution in [0.3, 0.4) is 0 Å². The molecular weight excluding hydrogens is 288 g/mol. The Bertz CT molecular complexity index is 459. The smallest absolute Gasteiger partial charge is 0.338 e. The SMILES string of the molecule is COC(=O)c1cc(C(F)F)[nH]c(=O)c1CBr. The number of alkyl halides is 3. The normalized spacial score (nSPS) is 10.6. The van der Waals surface area contributed by atoms with E-state index in [1.54, 1.807) is 0 Å². The van der Waals surface area contributed by atoms with Crippen LogP contribution in [0.4, 0.5) is 8.78 Å². The molecule has 88 valence electrons. The molecule has 1 aromatic rings. The Kier molecular flexibility index (Phi) is 4.17. The average Bonchev–Trinajstić information content (AvgIpc) is 2.26. The fraction of sp³-hybridized carbons (Fsp3) is 0.333. The molecule has 0 amide bonds. The number of ether oxygens (including phenoxy) is 1. The molecule has 1 rings (SSSR count). The van der Waals surface area contributed by atoms with Gasteiger partial charge >= 0.3 is 5.97 Å². The summed E-state index contributed by atoms with van der Waals surface area (Å²) in [4.78, 5) is 24.7. The van der Waals surface area contributed by atoms with E-state index in [2.05, 4.69) is 20.7 Å². The molecule has 16 heavy (non-hydrogen) atoms. The fourth-order valence-corrected chi connectivity index (χ4v) is 1.71. The van der Waals surface area contributed by atoms with Gasteiger partial charge < -0.3 is 9.72 Å². The molecule has 0 bridgehead atoms. The van der Waals surface area contributed by atoms with E-state index in [1.165, 1.54) is 0 Å². The van der Waals surface area contributed by atoms with E-state index in [0.717, 1.165) is 13.2 Å². The molecule has 0 aliphatic heterocycles. The van der Waals surface area contributed by atoms with Gasteiger partial charge in [0.25, 0.3) is 12.0 Å². The first kappa shape index (κ1) is 12.8. The Balaban J connectivity index is 3.43. The molecule has 1 heterocycles. The number of hydrogen-bond acceptors (Lipinski definition) is 3. The summed E-state index contributed by atoms with van der Waals surface area (Å²) in [6, 6.07) is 0.925. The van der Waals surface area contributed by atoms with Crippen molar-refractivity contribution in [2.45, 2.75) is 11.8 Å². The van der Waals surface area contributed by atoms with Crippen molar-refractivity contribution in [1.82, 2.24) is 4.98 Å². The zero-order valence-electron chi connectivity index (χ0n) is 8.22. The molecule has 1 aromatic heterocycles. The van der Waals surface area contributed by atoms with Crippen molar-refractivity contribution in [3.8, 4) is 0 Å². The van der Waals surface area contributed by atoms with Crippen molar-refractivity contribution >= 4 is 21.9 Å². The summed E-state index contributed by atoms with van der Waals surface area (Å²) in [6.07, 6.45) is -2.85. The lowest BCUT2D eigenvalue weighted by atomic mass is 10.1. The number of carbonyl (C=O) groups is 1. The lowest BCUT2D eigenvalue weighted by Crippen LogP contribution is -2.20. The number of nitrogens with one attached hydrogen (secondary N) is 1. The first-order chi connectivity index (χ1) is 7.51. The number of halogens is 3. The quantitative estimate of drug-likeness (QED) is 0.685. The Labute approximate surface area is 97.7 Å². The van der Waals surface area contributed by atoms with Gasteiger partial charge in [-0.05, 0) is 6.07 Å². The van der Waals surface area contributed by atoms with Crippen LogP contribution in [0.2, 0.25) is 0 Å². The van der Waals surface area contributed by atoms with Crippen molar-refractivity contribution in [1.29, 1.82) is 0 Å². The predicted molar refractivity (Wildman–Crippen MR) is 56.0 cm³/mol. The zero-order chi connectivity index (χ0) is 12.3. The monoisotopic (exact) mass is 295 g/mol. The van der Waals surface area contributed by atoms with E-state index >= 15 is 0 Å². The van der Waals surface area contributed by atoms with Crippen LogP contribution in [0.25, 0.3) is 0 Å². The predicted octanol–water partition coefficient (Wildman–Crippen LogP) is 1.99. The van der Waals surface area contributed by atoms with Crippen LogP contribution >= 0.6 is 15.9 Å². The van der Waals surface area contributed by atoms with E-state index in [1.807, 2.05) is 4.98 Å². The van der Waals surface area contributed by atoms with Crippen LogP contribution < -0.4 is 5.56 Å². The molecule has 0 aliphatic rings. The number of hydrogen-bond donors (Lipinski definition) is 1. The maximum absolute atomic E-state index is 12.4. The van der Waals surface area contributed by atoms with E-state index in [-0.39, 0.29) is 16.5 Å². The number of H-pyrrole nitrogens is 1. The van der Waals surface area contributed by atoms with Crippen molar-refractivity contribution < 1.29 is 18.3 Å². The summed E-state index contributed by atoms with van der Waals surface area (Å²) in [5.74, 6) is -0.817. The minimum Gasteiger partial charge on any atom is -0.465 e. The van der Waals surface area contributed by atoms with Crippen molar-refractivity contribution in [2.24, 2.45) is 0 Å². The van der Waals surface area contributed by atoms with Gasteiger partial charge in [-0.1, -0.05) is 15.9 Å². The van der Waals surface area contributed by atoms with Crippen LogP contribution in [0, 0.1) is 0 Å². The third-order valence-electron chi connectivity index (χ3n) is 1.93. The van der Waals surface area contributed by atoms with Crippen LogP contribution in [-0.4, -0.2) is 18.1 Å². The molecule has 0 saturated carbocycles. The van der Waals surface area contributed by atoms with Gasteiger partial charge in [0.05, 0.1) is 18.4 Å². The number of aromatic amines is 1. The minimum atomic E-state index is -2.85. The van der Waals surface area contributed by atoms with Crippen LogP contribution in [-0.2, 0) is 10.1 Å². The Hall–Kier alpha value is -1.24. The summed E-state index contributed by atoms with van der Waals surface area (Å²) >= 11 is 3.00. The molecule has 1 N–H and O–H groups in total. The van der Waals surface area contributed by atoms with Crippen molar-refractivity contribution in [3.05, 3.63) is 33.2 Å². The highest BCUT2D eigenvalue weighted by Gasteiger charge is 2.19. The average molecular weight is 296 g/mol. The second kappa shape index (κ2) is 5.20. The summed E-state index contributed by atoms with van der Waals surface area (Å²) < 4.78 is 29.2. The Morgan fingerprint density at radius 3 is 2.69 bits per heavy atom. The summed E-state index contributed by atoms with van der Waals surface area (Å²) in [7, 11) is 1.11. The number of aromatic nitrogens is 1. The maximum Gasteiger partial charge on any atom is 0.338 e. The van der Waals surface area contributed by atoms with E-state index < -0.39 is 23.6 Å². The van der Waals surface area contributed by atoms with Crippen molar-refractivity contribution in [3.63, 3.8) is 0 Å². The van der Waals surface area contributed by atoms with Crippen LogP contribution in [0.15, 0.2) is 10.9 Å². The van der Waals surface area contributed by atoms with Gasteiger partial charge in [0.15, 0.2) is 0 Å². The Morgan fingerprint density at radius 1 is 1.62 bits per heavy atom. The second-order valence-corrected chi connectivity index (χ2v) is 3.43.